The smallest absolute Gasteiger partial charge is 0.0735 e. The van der Waals surface area contributed by atoms with Gasteiger partial charge in [0.05, 0.1) is 12.0 Å². The van der Waals surface area contributed by atoms with Gasteiger partial charge in [-0.2, -0.15) is 5.26 Å². The van der Waals surface area contributed by atoms with E-state index >= 15 is 0 Å². The van der Waals surface area contributed by atoms with Crippen molar-refractivity contribution in [2.24, 2.45) is 0 Å². The summed E-state index contributed by atoms with van der Waals surface area (Å²) in [4.78, 5) is 0. The minimum Gasteiger partial charge on any atom is -0.383 e. The van der Waals surface area contributed by atoms with Gasteiger partial charge in [0.2, 0.25) is 0 Å². The SMILES string of the molecule is CC(C)Nc1cccc2c1C(C#N)CCC2. The Bertz CT molecular complexity index is 415. The highest BCUT2D eigenvalue weighted by atomic mass is 14.9. The van der Waals surface area contributed by atoms with Gasteiger partial charge in [-0.15, -0.1) is 0 Å². The molecule has 0 fully saturated rings. The van der Waals surface area contributed by atoms with Crippen LogP contribution in [0.5, 0.6) is 0 Å². The Morgan fingerprint density at radius 3 is 2.94 bits per heavy atom. The summed E-state index contributed by atoms with van der Waals surface area (Å²) in [6.45, 7) is 4.26. The van der Waals surface area contributed by atoms with E-state index in [9.17, 15) is 5.26 Å². The van der Waals surface area contributed by atoms with Crippen molar-refractivity contribution in [3.05, 3.63) is 29.3 Å². The van der Waals surface area contributed by atoms with Crippen LogP contribution in [0.3, 0.4) is 0 Å². The lowest BCUT2D eigenvalue weighted by Crippen LogP contribution is -2.16. The van der Waals surface area contributed by atoms with Crippen molar-refractivity contribution in [3.63, 3.8) is 0 Å². The molecular formula is C14H18N2. The fraction of sp³-hybridized carbons (Fsp3) is 0.500. The maximum absolute atomic E-state index is 9.22. The third-order valence-electron chi connectivity index (χ3n) is 3.08. The molecule has 0 heterocycles. The van der Waals surface area contributed by atoms with E-state index in [1.807, 2.05) is 0 Å². The molecule has 1 unspecified atom stereocenters. The van der Waals surface area contributed by atoms with Crippen molar-refractivity contribution in [3.8, 4) is 6.07 Å². The van der Waals surface area contributed by atoms with E-state index < -0.39 is 0 Å². The highest BCUT2D eigenvalue weighted by molar-refractivity contribution is 5.59. The molecule has 0 saturated carbocycles. The predicted molar refractivity (Wildman–Crippen MR) is 66.5 cm³/mol. The molecule has 16 heavy (non-hydrogen) atoms. The average molecular weight is 214 g/mol. The third kappa shape index (κ3) is 2.04. The standard InChI is InChI=1S/C14H18N2/c1-10(2)16-13-8-4-6-11-5-3-7-12(9-15)14(11)13/h4,6,8,10,12,16H,3,5,7H2,1-2H3. The van der Waals surface area contributed by atoms with Crippen molar-refractivity contribution < 1.29 is 0 Å². The molecule has 0 aliphatic heterocycles. The summed E-state index contributed by atoms with van der Waals surface area (Å²) in [5.41, 5.74) is 3.74. The minimum absolute atomic E-state index is 0.0752. The van der Waals surface area contributed by atoms with Crippen LogP contribution in [0.15, 0.2) is 18.2 Å². The zero-order valence-corrected chi connectivity index (χ0v) is 9.96. The Balaban J connectivity index is 2.43. The first-order chi connectivity index (χ1) is 7.72. The first kappa shape index (κ1) is 11.0. The molecule has 1 aromatic carbocycles. The normalized spacial score (nSPS) is 19.0. The highest BCUT2D eigenvalue weighted by Gasteiger charge is 2.22. The van der Waals surface area contributed by atoms with Crippen LogP contribution >= 0.6 is 0 Å². The minimum atomic E-state index is 0.0752. The monoisotopic (exact) mass is 214 g/mol. The van der Waals surface area contributed by atoms with E-state index in [0.717, 1.165) is 24.9 Å². The summed E-state index contributed by atoms with van der Waals surface area (Å²) in [7, 11) is 0. The number of aryl methyl sites for hydroxylation is 1. The van der Waals surface area contributed by atoms with Gasteiger partial charge in [0.15, 0.2) is 0 Å². The molecule has 0 saturated heterocycles. The fourth-order valence-electron chi connectivity index (χ4n) is 2.45. The van der Waals surface area contributed by atoms with Crippen LogP contribution in [-0.2, 0) is 6.42 Å². The van der Waals surface area contributed by atoms with Crippen LogP contribution in [-0.4, -0.2) is 6.04 Å². The van der Waals surface area contributed by atoms with E-state index in [1.165, 1.54) is 11.1 Å². The topological polar surface area (TPSA) is 35.8 Å². The van der Waals surface area contributed by atoms with E-state index in [0.29, 0.717) is 6.04 Å². The lowest BCUT2D eigenvalue weighted by molar-refractivity contribution is 0.637. The number of rotatable bonds is 2. The molecule has 2 nitrogen and oxygen atoms in total. The molecular weight excluding hydrogens is 196 g/mol. The van der Waals surface area contributed by atoms with Gasteiger partial charge in [-0.25, -0.2) is 0 Å². The van der Waals surface area contributed by atoms with Crippen LogP contribution in [0.25, 0.3) is 0 Å². The van der Waals surface area contributed by atoms with E-state index in [2.05, 4.69) is 43.4 Å². The molecule has 2 heteroatoms. The van der Waals surface area contributed by atoms with Crippen molar-refractivity contribution in [1.29, 1.82) is 5.26 Å². The fourth-order valence-corrected chi connectivity index (χ4v) is 2.45. The summed E-state index contributed by atoms with van der Waals surface area (Å²) in [6, 6.07) is 9.18. The largest absolute Gasteiger partial charge is 0.383 e. The second kappa shape index (κ2) is 4.57. The van der Waals surface area contributed by atoms with Gasteiger partial charge in [0, 0.05) is 11.7 Å². The Hall–Kier alpha value is -1.49. The molecule has 0 radical (unpaired) electrons. The molecule has 0 aromatic heterocycles. The maximum Gasteiger partial charge on any atom is 0.0735 e. The van der Waals surface area contributed by atoms with Crippen LogP contribution < -0.4 is 5.32 Å². The van der Waals surface area contributed by atoms with Crippen molar-refractivity contribution in [2.75, 3.05) is 5.32 Å². The summed E-state index contributed by atoms with van der Waals surface area (Å²) < 4.78 is 0. The molecule has 0 spiro atoms. The Morgan fingerprint density at radius 1 is 1.44 bits per heavy atom. The van der Waals surface area contributed by atoms with Gasteiger partial charge in [-0.3, -0.25) is 0 Å². The summed E-state index contributed by atoms with van der Waals surface area (Å²) in [6.07, 6.45) is 3.25. The van der Waals surface area contributed by atoms with Crippen LogP contribution in [0.1, 0.15) is 43.7 Å². The van der Waals surface area contributed by atoms with Gasteiger partial charge in [0.25, 0.3) is 0 Å². The molecule has 2 rings (SSSR count). The molecule has 1 atom stereocenters. The summed E-state index contributed by atoms with van der Waals surface area (Å²) in [5, 5.41) is 12.7. The number of benzene rings is 1. The van der Waals surface area contributed by atoms with Crippen LogP contribution in [0.2, 0.25) is 0 Å². The maximum atomic E-state index is 9.22. The number of hydrogen-bond donors (Lipinski definition) is 1. The van der Waals surface area contributed by atoms with E-state index in [1.54, 1.807) is 0 Å². The van der Waals surface area contributed by atoms with Crippen molar-refractivity contribution >= 4 is 5.69 Å². The second-order valence-corrected chi connectivity index (χ2v) is 4.75. The predicted octanol–water partition coefficient (Wildman–Crippen LogP) is 3.45. The van der Waals surface area contributed by atoms with E-state index in [4.69, 9.17) is 0 Å². The van der Waals surface area contributed by atoms with Crippen LogP contribution in [0.4, 0.5) is 5.69 Å². The third-order valence-corrected chi connectivity index (χ3v) is 3.08. The first-order valence-corrected chi connectivity index (χ1v) is 6.00. The molecule has 84 valence electrons. The van der Waals surface area contributed by atoms with Gasteiger partial charge < -0.3 is 5.32 Å². The number of nitriles is 1. The summed E-state index contributed by atoms with van der Waals surface area (Å²) in [5.74, 6) is 0.0752. The Kier molecular flexibility index (Phi) is 3.14. The van der Waals surface area contributed by atoms with Gasteiger partial charge in [-0.1, -0.05) is 12.1 Å². The van der Waals surface area contributed by atoms with Crippen molar-refractivity contribution in [1.82, 2.24) is 0 Å². The molecule has 1 aliphatic rings. The van der Waals surface area contributed by atoms with Gasteiger partial charge in [0.1, 0.15) is 0 Å². The number of anilines is 1. The Labute approximate surface area is 97.3 Å². The van der Waals surface area contributed by atoms with Crippen LogP contribution in [0, 0.1) is 11.3 Å². The lowest BCUT2D eigenvalue weighted by Gasteiger charge is -2.25. The quantitative estimate of drug-likeness (QED) is 0.818. The van der Waals surface area contributed by atoms with Gasteiger partial charge >= 0.3 is 0 Å². The Morgan fingerprint density at radius 2 is 2.25 bits per heavy atom. The molecule has 1 aromatic rings. The first-order valence-electron chi connectivity index (χ1n) is 6.00. The van der Waals surface area contributed by atoms with Crippen molar-refractivity contribution in [2.45, 2.75) is 45.1 Å². The van der Waals surface area contributed by atoms with Gasteiger partial charge in [-0.05, 0) is 50.3 Å². The average Bonchev–Trinajstić information content (AvgIpc) is 2.28. The number of hydrogen-bond acceptors (Lipinski definition) is 2. The summed E-state index contributed by atoms with van der Waals surface area (Å²) >= 11 is 0. The number of nitrogens with zero attached hydrogens (tertiary/aromatic N) is 1. The molecule has 0 amide bonds. The zero-order chi connectivity index (χ0) is 11.5. The highest BCUT2D eigenvalue weighted by Crippen LogP contribution is 2.36. The molecule has 1 N–H and O–H groups in total. The number of fused-ring (bicyclic) bond motifs is 1. The molecule has 0 bridgehead atoms. The zero-order valence-electron chi connectivity index (χ0n) is 9.96. The lowest BCUT2D eigenvalue weighted by atomic mass is 9.82. The number of nitrogens with one attached hydrogen (secondary N) is 1. The van der Waals surface area contributed by atoms with E-state index in [-0.39, 0.29) is 5.92 Å². The molecule has 1 aliphatic carbocycles. The second-order valence-electron chi connectivity index (χ2n) is 4.75.